The van der Waals surface area contributed by atoms with Crippen molar-refractivity contribution < 1.29 is 5.11 Å². The quantitative estimate of drug-likeness (QED) is 0.780. The van der Waals surface area contributed by atoms with Crippen LogP contribution in [-0.2, 0) is 13.5 Å². The minimum absolute atomic E-state index is 0.227. The van der Waals surface area contributed by atoms with Crippen molar-refractivity contribution in [3.05, 3.63) is 75.7 Å². The number of phenolic OH excluding ortho intramolecular Hbond substituents is 1. The second-order valence-corrected chi connectivity index (χ2v) is 5.57. The molecule has 0 unspecified atom stereocenters. The lowest BCUT2D eigenvalue weighted by molar-refractivity contribution is 0.469. The van der Waals surface area contributed by atoms with Gasteiger partial charge in [0.15, 0.2) is 0 Å². The predicted octanol–water partition coefficient (Wildman–Crippen LogP) is 2.36. The van der Waals surface area contributed by atoms with Gasteiger partial charge >= 0.3 is 0 Å². The van der Waals surface area contributed by atoms with Crippen LogP contribution in [0.3, 0.4) is 0 Å². The highest BCUT2D eigenvalue weighted by Crippen LogP contribution is 2.23. The molecule has 5 nitrogen and oxygen atoms in total. The normalized spacial score (nSPS) is 10.9. The minimum atomic E-state index is -0.227. The van der Waals surface area contributed by atoms with Gasteiger partial charge in [0, 0.05) is 13.5 Å². The van der Waals surface area contributed by atoms with E-state index in [1.807, 2.05) is 50.4 Å². The van der Waals surface area contributed by atoms with Gasteiger partial charge in [0.05, 0.1) is 11.4 Å². The van der Waals surface area contributed by atoms with E-state index in [4.69, 9.17) is 5.73 Å². The molecule has 0 amide bonds. The third-order valence-electron chi connectivity index (χ3n) is 4.19. The lowest BCUT2D eigenvalue weighted by Crippen LogP contribution is -2.22. The van der Waals surface area contributed by atoms with E-state index in [-0.39, 0.29) is 17.0 Å². The van der Waals surface area contributed by atoms with E-state index in [9.17, 15) is 9.90 Å². The molecule has 0 bridgehead atoms. The molecule has 3 aromatic rings. The Morgan fingerprint density at radius 1 is 1.04 bits per heavy atom. The zero-order chi connectivity index (χ0) is 16.6. The summed E-state index contributed by atoms with van der Waals surface area (Å²) in [4.78, 5) is 12.5. The first kappa shape index (κ1) is 15.0. The molecule has 2 aromatic carbocycles. The fourth-order valence-corrected chi connectivity index (χ4v) is 2.73. The number of nitrogens with two attached hydrogens (primary N) is 1. The van der Waals surface area contributed by atoms with Crippen molar-refractivity contribution in [2.75, 3.05) is 5.73 Å². The van der Waals surface area contributed by atoms with E-state index in [1.165, 1.54) is 0 Å². The first-order chi connectivity index (χ1) is 11.0. The molecule has 3 rings (SSSR count). The van der Waals surface area contributed by atoms with Crippen molar-refractivity contribution in [2.45, 2.75) is 13.3 Å². The van der Waals surface area contributed by atoms with E-state index in [2.05, 4.69) is 0 Å². The Balaban J connectivity index is 2.15. The van der Waals surface area contributed by atoms with Crippen LogP contribution in [0.15, 0.2) is 53.3 Å². The maximum absolute atomic E-state index is 12.5. The number of nitrogens with zero attached hydrogens (tertiary/aromatic N) is 2. The highest BCUT2D eigenvalue weighted by Gasteiger charge is 2.16. The summed E-state index contributed by atoms with van der Waals surface area (Å²) in [6.07, 6.45) is 0.527. The molecule has 1 aromatic heterocycles. The third-order valence-corrected chi connectivity index (χ3v) is 4.19. The molecule has 0 radical (unpaired) electrons. The molecule has 0 atom stereocenters. The van der Waals surface area contributed by atoms with Crippen molar-refractivity contribution >= 4 is 5.69 Å². The second-order valence-electron chi connectivity index (χ2n) is 5.57. The molecule has 0 saturated carbocycles. The average molecular weight is 309 g/mol. The number of aromatic hydroxyl groups is 1. The molecule has 0 spiro atoms. The van der Waals surface area contributed by atoms with Crippen molar-refractivity contribution in [2.24, 2.45) is 7.05 Å². The van der Waals surface area contributed by atoms with E-state index < -0.39 is 0 Å². The summed E-state index contributed by atoms with van der Waals surface area (Å²) in [6.45, 7) is 1.82. The Kier molecular flexibility index (Phi) is 3.70. The standard InChI is InChI=1S/C18H19N3O2/c1-12-17(19)18(23)21(20(12)2)15-9-5-3-7-13(15)11-14-8-4-6-10-16(14)22/h3-10,22H,11,19H2,1-2H3. The largest absolute Gasteiger partial charge is 0.508 e. The van der Waals surface area contributed by atoms with Crippen LogP contribution < -0.4 is 11.3 Å². The molecule has 0 aliphatic carbocycles. The lowest BCUT2D eigenvalue weighted by atomic mass is 10.0. The van der Waals surface area contributed by atoms with E-state index in [1.54, 1.807) is 21.5 Å². The zero-order valence-electron chi connectivity index (χ0n) is 13.2. The van der Waals surface area contributed by atoms with Crippen molar-refractivity contribution in [3.8, 4) is 11.4 Å². The van der Waals surface area contributed by atoms with Crippen molar-refractivity contribution in [1.82, 2.24) is 9.36 Å². The Bertz CT molecular complexity index is 922. The SMILES string of the molecule is Cc1c(N)c(=O)n(-c2ccccc2Cc2ccccc2O)n1C. The van der Waals surface area contributed by atoms with Crippen LogP contribution in [0, 0.1) is 6.92 Å². The fourth-order valence-electron chi connectivity index (χ4n) is 2.73. The number of aromatic nitrogens is 2. The summed E-state index contributed by atoms with van der Waals surface area (Å²) in [6, 6.07) is 14.8. The van der Waals surface area contributed by atoms with Crippen molar-refractivity contribution in [3.63, 3.8) is 0 Å². The van der Waals surface area contributed by atoms with Gasteiger partial charge in [-0.25, -0.2) is 4.68 Å². The van der Waals surface area contributed by atoms with Gasteiger partial charge < -0.3 is 10.8 Å². The maximum atomic E-state index is 12.5. The van der Waals surface area contributed by atoms with Crippen LogP contribution in [0.5, 0.6) is 5.75 Å². The average Bonchev–Trinajstić information content (AvgIpc) is 2.74. The van der Waals surface area contributed by atoms with Gasteiger partial charge in [0.1, 0.15) is 11.4 Å². The Hall–Kier alpha value is -2.95. The Labute approximate surface area is 134 Å². The molecule has 118 valence electrons. The van der Waals surface area contributed by atoms with Crippen molar-refractivity contribution in [1.29, 1.82) is 0 Å². The summed E-state index contributed by atoms with van der Waals surface area (Å²) >= 11 is 0. The van der Waals surface area contributed by atoms with Crippen LogP contribution in [0.4, 0.5) is 5.69 Å². The van der Waals surface area contributed by atoms with E-state index in [0.29, 0.717) is 6.42 Å². The number of para-hydroxylation sites is 2. The number of hydrogen-bond donors (Lipinski definition) is 2. The number of rotatable bonds is 3. The summed E-state index contributed by atoms with van der Waals surface area (Å²) in [7, 11) is 1.81. The van der Waals surface area contributed by atoms with Crippen LogP contribution in [-0.4, -0.2) is 14.5 Å². The van der Waals surface area contributed by atoms with Crippen LogP contribution in [0.1, 0.15) is 16.8 Å². The first-order valence-corrected chi connectivity index (χ1v) is 7.40. The Morgan fingerprint density at radius 2 is 1.65 bits per heavy atom. The smallest absolute Gasteiger partial charge is 0.294 e. The van der Waals surface area contributed by atoms with Gasteiger partial charge in [-0.05, 0) is 30.2 Å². The van der Waals surface area contributed by atoms with Gasteiger partial charge in [-0.1, -0.05) is 36.4 Å². The summed E-state index contributed by atoms with van der Waals surface area (Å²) in [5.74, 6) is 0.247. The summed E-state index contributed by atoms with van der Waals surface area (Å²) in [5, 5.41) is 10.00. The molecule has 0 saturated heterocycles. The molecule has 1 heterocycles. The number of nitrogen functional groups attached to an aromatic ring is 1. The van der Waals surface area contributed by atoms with E-state index in [0.717, 1.165) is 22.5 Å². The zero-order valence-corrected chi connectivity index (χ0v) is 13.2. The number of hydrogen-bond acceptors (Lipinski definition) is 3. The minimum Gasteiger partial charge on any atom is -0.508 e. The number of phenols is 1. The molecule has 0 aliphatic rings. The fraction of sp³-hybridized carbons (Fsp3) is 0.167. The van der Waals surface area contributed by atoms with Gasteiger partial charge in [-0.3, -0.25) is 9.48 Å². The van der Waals surface area contributed by atoms with Crippen LogP contribution >= 0.6 is 0 Å². The molecule has 5 heteroatoms. The molecule has 0 aliphatic heterocycles. The first-order valence-electron chi connectivity index (χ1n) is 7.40. The predicted molar refractivity (Wildman–Crippen MR) is 91.1 cm³/mol. The lowest BCUT2D eigenvalue weighted by Gasteiger charge is -2.14. The molecule has 23 heavy (non-hydrogen) atoms. The highest BCUT2D eigenvalue weighted by atomic mass is 16.3. The monoisotopic (exact) mass is 309 g/mol. The molecule has 0 fully saturated rings. The maximum Gasteiger partial charge on any atom is 0.294 e. The van der Waals surface area contributed by atoms with Gasteiger partial charge in [-0.15, -0.1) is 0 Å². The second kappa shape index (κ2) is 5.68. The Morgan fingerprint density at radius 3 is 2.26 bits per heavy atom. The number of benzene rings is 2. The van der Waals surface area contributed by atoms with Crippen LogP contribution in [0.2, 0.25) is 0 Å². The van der Waals surface area contributed by atoms with Gasteiger partial charge in [0.25, 0.3) is 5.56 Å². The molecular weight excluding hydrogens is 290 g/mol. The molecular formula is C18H19N3O2. The van der Waals surface area contributed by atoms with Crippen LogP contribution in [0.25, 0.3) is 5.69 Å². The number of anilines is 1. The summed E-state index contributed by atoms with van der Waals surface area (Å²) in [5.41, 5.74) is 9.15. The van der Waals surface area contributed by atoms with Gasteiger partial charge in [0.2, 0.25) is 0 Å². The van der Waals surface area contributed by atoms with E-state index >= 15 is 0 Å². The highest BCUT2D eigenvalue weighted by molar-refractivity contribution is 5.49. The van der Waals surface area contributed by atoms with Gasteiger partial charge in [-0.2, -0.15) is 0 Å². The summed E-state index contributed by atoms with van der Waals surface area (Å²) < 4.78 is 3.32. The topological polar surface area (TPSA) is 73.2 Å². The third kappa shape index (κ3) is 2.50. The molecule has 3 N–H and O–H groups in total.